The first kappa shape index (κ1) is 17.1. The lowest BCUT2D eigenvalue weighted by molar-refractivity contribution is -0.123. The fourth-order valence-electron chi connectivity index (χ4n) is 3.36. The molecule has 1 aliphatic carbocycles. The van der Waals surface area contributed by atoms with Crippen molar-refractivity contribution in [1.29, 1.82) is 0 Å². The van der Waals surface area contributed by atoms with E-state index in [1.54, 1.807) is 0 Å². The third kappa shape index (κ3) is 2.99. The van der Waals surface area contributed by atoms with Crippen LogP contribution in [0, 0.1) is 0 Å². The van der Waals surface area contributed by atoms with Crippen LogP contribution in [0.25, 0.3) is 11.3 Å². The zero-order valence-electron chi connectivity index (χ0n) is 14.9. The van der Waals surface area contributed by atoms with Gasteiger partial charge in [0.2, 0.25) is 12.7 Å². The van der Waals surface area contributed by atoms with Gasteiger partial charge in [-0.05, 0) is 48.7 Å². The second kappa shape index (κ2) is 6.56. The average Bonchev–Trinajstić information content (AvgIpc) is 3.15. The van der Waals surface area contributed by atoms with E-state index < -0.39 is 5.41 Å². The third-order valence-electron chi connectivity index (χ3n) is 5.21. The number of amides is 1. The molecule has 2 heterocycles. The van der Waals surface area contributed by atoms with E-state index in [9.17, 15) is 4.79 Å². The van der Waals surface area contributed by atoms with Crippen LogP contribution in [0.2, 0.25) is 5.02 Å². The summed E-state index contributed by atoms with van der Waals surface area (Å²) in [5, 5.41) is 7.86. The van der Waals surface area contributed by atoms with Gasteiger partial charge in [0.1, 0.15) is 0 Å². The van der Waals surface area contributed by atoms with Crippen molar-refractivity contribution in [2.45, 2.75) is 24.8 Å². The molecule has 5 rings (SSSR count). The zero-order chi connectivity index (χ0) is 19.1. The van der Waals surface area contributed by atoms with Gasteiger partial charge in [-0.25, -0.2) is 0 Å². The molecule has 2 aromatic carbocycles. The van der Waals surface area contributed by atoms with E-state index in [-0.39, 0.29) is 12.7 Å². The van der Waals surface area contributed by atoms with E-state index in [2.05, 4.69) is 10.5 Å². The molecule has 28 heavy (non-hydrogen) atoms. The summed E-state index contributed by atoms with van der Waals surface area (Å²) in [4.78, 5) is 12.8. The summed E-state index contributed by atoms with van der Waals surface area (Å²) in [6.45, 7) is 0.669. The summed E-state index contributed by atoms with van der Waals surface area (Å²) >= 11 is 5.90. The predicted molar refractivity (Wildman–Crippen MR) is 102 cm³/mol. The minimum atomic E-state index is -0.607. The van der Waals surface area contributed by atoms with E-state index in [0.29, 0.717) is 34.5 Å². The van der Waals surface area contributed by atoms with Crippen molar-refractivity contribution >= 4 is 17.5 Å². The zero-order valence-corrected chi connectivity index (χ0v) is 15.7. The fraction of sp³-hybridized carbons (Fsp3) is 0.238. The smallest absolute Gasteiger partial charge is 0.232 e. The summed E-state index contributed by atoms with van der Waals surface area (Å²) in [7, 11) is 0. The largest absolute Gasteiger partial charge is 0.454 e. The number of halogens is 1. The quantitative estimate of drug-likeness (QED) is 0.703. The van der Waals surface area contributed by atoms with Gasteiger partial charge < -0.3 is 19.3 Å². The molecule has 3 aromatic rings. The number of aromatic nitrogens is 1. The number of nitrogens with zero attached hydrogens (tertiary/aromatic N) is 1. The highest BCUT2D eigenvalue weighted by Crippen LogP contribution is 2.49. The highest BCUT2D eigenvalue weighted by Gasteiger charge is 2.53. The molecule has 142 valence electrons. The molecular weight excluding hydrogens is 380 g/mol. The normalized spacial score (nSPS) is 16.0. The van der Waals surface area contributed by atoms with Crippen LogP contribution < -0.4 is 14.8 Å². The minimum Gasteiger partial charge on any atom is -0.454 e. The minimum absolute atomic E-state index is 0.0343. The van der Waals surface area contributed by atoms with Crippen molar-refractivity contribution in [1.82, 2.24) is 10.5 Å². The van der Waals surface area contributed by atoms with Crippen molar-refractivity contribution < 1.29 is 18.8 Å². The molecule has 2 aliphatic rings. The van der Waals surface area contributed by atoms with Crippen LogP contribution in [0.4, 0.5) is 0 Å². The summed E-state index contributed by atoms with van der Waals surface area (Å²) in [5.41, 5.74) is 1.88. The maximum Gasteiger partial charge on any atom is 0.232 e. The molecule has 0 radical (unpaired) electrons. The Kier molecular flexibility index (Phi) is 4.02. The second-order valence-corrected chi connectivity index (χ2v) is 7.47. The van der Waals surface area contributed by atoms with Gasteiger partial charge >= 0.3 is 0 Å². The van der Waals surface area contributed by atoms with Crippen LogP contribution >= 0.6 is 11.6 Å². The van der Waals surface area contributed by atoms with E-state index >= 15 is 0 Å². The first-order chi connectivity index (χ1) is 13.6. The Morgan fingerprint density at radius 1 is 1.07 bits per heavy atom. The maximum absolute atomic E-state index is 12.8. The number of benzene rings is 2. The molecular formula is C21H17ClN2O4. The van der Waals surface area contributed by atoms with Gasteiger partial charge in [0, 0.05) is 23.2 Å². The fourth-order valence-corrected chi connectivity index (χ4v) is 3.49. The summed E-state index contributed by atoms with van der Waals surface area (Å²) in [6.07, 6.45) is 1.51. The molecule has 0 unspecified atom stereocenters. The Hall–Kier alpha value is -2.99. The topological polar surface area (TPSA) is 73.6 Å². The highest BCUT2D eigenvalue weighted by molar-refractivity contribution is 6.30. The third-order valence-corrected chi connectivity index (χ3v) is 5.46. The molecule has 0 bridgehead atoms. The number of ether oxygens (including phenoxy) is 2. The van der Waals surface area contributed by atoms with E-state index in [4.69, 9.17) is 25.6 Å². The van der Waals surface area contributed by atoms with Crippen molar-refractivity contribution in [3.05, 3.63) is 64.8 Å². The standard InChI is InChI=1S/C21H17ClN2O4/c22-15-4-1-13(2-5-15)11-23-20(25)21(7-8-21)19-10-17(28-24-19)14-3-6-16-18(9-14)27-12-26-16/h1-6,9-10H,7-8,11-12H2,(H,23,25). The highest BCUT2D eigenvalue weighted by atomic mass is 35.5. The lowest BCUT2D eigenvalue weighted by atomic mass is 10.00. The van der Waals surface area contributed by atoms with Crippen LogP contribution in [-0.4, -0.2) is 17.9 Å². The van der Waals surface area contributed by atoms with Crippen LogP contribution in [0.3, 0.4) is 0 Å². The molecule has 1 aromatic heterocycles. The Bertz CT molecular complexity index is 1040. The molecule has 0 spiro atoms. The molecule has 6 nitrogen and oxygen atoms in total. The summed E-state index contributed by atoms with van der Waals surface area (Å²) in [6, 6.07) is 14.8. The Morgan fingerprint density at radius 2 is 1.86 bits per heavy atom. The number of fused-ring (bicyclic) bond motifs is 1. The molecule has 1 N–H and O–H groups in total. The van der Waals surface area contributed by atoms with Gasteiger partial charge in [0.05, 0.1) is 11.1 Å². The van der Waals surface area contributed by atoms with Crippen LogP contribution in [0.1, 0.15) is 24.1 Å². The summed E-state index contributed by atoms with van der Waals surface area (Å²) < 4.78 is 16.3. The first-order valence-corrected chi connectivity index (χ1v) is 9.42. The number of hydrogen-bond acceptors (Lipinski definition) is 5. The molecule has 0 atom stereocenters. The van der Waals surface area contributed by atoms with Crippen molar-refractivity contribution in [2.75, 3.05) is 6.79 Å². The number of nitrogens with one attached hydrogen (secondary N) is 1. The van der Waals surface area contributed by atoms with Gasteiger partial charge in [-0.3, -0.25) is 4.79 Å². The molecule has 1 saturated carbocycles. The van der Waals surface area contributed by atoms with Crippen molar-refractivity contribution in [2.24, 2.45) is 0 Å². The lowest BCUT2D eigenvalue weighted by Crippen LogP contribution is -2.34. The second-order valence-electron chi connectivity index (χ2n) is 7.04. The summed E-state index contributed by atoms with van der Waals surface area (Å²) in [5.74, 6) is 1.96. The Balaban J connectivity index is 1.32. The Morgan fingerprint density at radius 3 is 2.64 bits per heavy atom. The van der Waals surface area contributed by atoms with Gasteiger partial charge in [0.25, 0.3) is 0 Å². The number of rotatable bonds is 5. The van der Waals surface area contributed by atoms with Crippen LogP contribution in [0.5, 0.6) is 11.5 Å². The lowest BCUT2D eigenvalue weighted by Gasteiger charge is -2.12. The van der Waals surface area contributed by atoms with Gasteiger partial charge in [-0.15, -0.1) is 0 Å². The van der Waals surface area contributed by atoms with Crippen LogP contribution in [0.15, 0.2) is 53.1 Å². The van der Waals surface area contributed by atoms with Gasteiger partial charge in [-0.2, -0.15) is 0 Å². The Labute approximate surface area is 166 Å². The number of hydrogen-bond donors (Lipinski definition) is 1. The molecule has 1 aliphatic heterocycles. The first-order valence-electron chi connectivity index (χ1n) is 9.04. The van der Waals surface area contributed by atoms with E-state index in [0.717, 1.165) is 24.0 Å². The SMILES string of the molecule is O=C(NCc1ccc(Cl)cc1)C1(c2cc(-c3ccc4c(c3)OCO4)on2)CC1. The van der Waals surface area contributed by atoms with Gasteiger partial charge in [0.15, 0.2) is 17.3 Å². The molecule has 1 fully saturated rings. The molecule has 7 heteroatoms. The van der Waals surface area contributed by atoms with E-state index in [1.807, 2.05) is 48.5 Å². The van der Waals surface area contributed by atoms with Crippen molar-refractivity contribution in [3.63, 3.8) is 0 Å². The monoisotopic (exact) mass is 396 g/mol. The molecule has 1 amide bonds. The maximum atomic E-state index is 12.8. The average molecular weight is 397 g/mol. The van der Waals surface area contributed by atoms with Crippen molar-refractivity contribution in [3.8, 4) is 22.8 Å². The van der Waals surface area contributed by atoms with Crippen LogP contribution in [-0.2, 0) is 16.8 Å². The number of carbonyl (C=O) groups is 1. The number of carbonyl (C=O) groups excluding carboxylic acids is 1. The van der Waals surface area contributed by atoms with Gasteiger partial charge in [-0.1, -0.05) is 28.9 Å². The predicted octanol–water partition coefficient (Wildman–Crippen LogP) is 4.07. The molecule has 0 saturated heterocycles. The van der Waals surface area contributed by atoms with E-state index in [1.165, 1.54) is 0 Å².